The minimum atomic E-state index is -0.472. The zero-order chi connectivity index (χ0) is 22.8. The predicted molar refractivity (Wildman–Crippen MR) is 119 cm³/mol. The lowest BCUT2D eigenvalue weighted by Crippen LogP contribution is -2.41. The third kappa shape index (κ3) is 4.80. The van der Waals surface area contributed by atoms with Crippen molar-refractivity contribution in [3.63, 3.8) is 0 Å². The number of ether oxygens (including phenoxy) is 3. The molecule has 33 heavy (non-hydrogen) atoms. The summed E-state index contributed by atoms with van der Waals surface area (Å²) >= 11 is 0. The van der Waals surface area contributed by atoms with E-state index in [1.54, 1.807) is 34.1 Å². The molecule has 0 aliphatic carbocycles. The molecule has 2 atom stereocenters. The highest BCUT2D eigenvalue weighted by molar-refractivity contribution is 6.00. The second kappa shape index (κ2) is 9.39. The Labute approximate surface area is 192 Å². The lowest BCUT2D eigenvalue weighted by Gasteiger charge is -2.28. The lowest BCUT2D eigenvalue weighted by atomic mass is 10.1. The predicted octanol–water partition coefficient (Wildman–Crippen LogP) is 3.16. The molecule has 0 bridgehead atoms. The van der Waals surface area contributed by atoms with Gasteiger partial charge in [0.2, 0.25) is 11.8 Å². The van der Waals surface area contributed by atoms with Crippen LogP contribution in [0.25, 0.3) is 0 Å². The summed E-state index contributed by atoms with van der Waals surface area (Å²) in [6.07, 6.45) is 1.96. The Morgan fingerprint density at radius 2 is 1.94 bits per heavy atom. The molecule has 5 rings (SSSR count). The Hall–Kier alpha value is -3.13. The zero-order valence-corrected chi connectivity index (χ0v) is 18.4. The number of carbonyl (C=O) groups excluding carboxylic acids is 2. The standard InChI is InChI=1S/C25H27FN2O5/c26-19-4-1-3-17(11-19)14-27(16-21-5-2-8-31-21)25(30)18-12-24(29)28(15-18)20-6-7-22-23(13-20)33-10-9-32-22/h1,3-4,6-7,11,13,18,21H,2,5,8-10,12,14-16H2. The summed E-state index contributed by atoms with van der Waals surface area (Å²) in [4.78, 5) is 29.7. The van der Waals surface area contributed by atoms with E-state index in [0.29, 0.717) is 50.1 Å². The van der Waals surface area contributed by atoms with E-state index < -0.39 is 5.92 Å². The Morgan fingerprint density at radius 3 is 2.73 bits per heavy atom. The first-order valence-corrected chi connectivity index (χ1v) is 11.4. The van der Waals surface area contributed by atoms with Crippen LogP contribution in [0.1, 0.15) is 24.8 Å². The van der Waals surface area contributed by atoms with E-state index in [2.05, 4.69) is 0 Å². The van der Waals surface area contributed by atoms with Gasteiger partial charge in [0.05, 0.1) is 12.0 Å². The Morgan fingerprint density at radius 1 is 1.09 bits per heavy atom. The maximum absolute atomic E-state index is 13.7. The first-order valence-electron chi connectivity index (χ1n) is 11.4. The number of halogens is 1. The van der Waals surface area contributed by atoms with Gasteiger partial charge >= 0.3 is 0 Å². The van der Waals surface area contributed by atoms with Crippen LogP contribution in [0.15, 0.2) is 42.5 Å². The summed E-state index contributed by atoms with van der Waals surface area (Å²) in [7, 11) is 0. The van der Waals surface area contributed by atoms with Gasteiger partial charge in [-0.15, -0.1) is 0 Å². The molecule has 2 aromatic rings. The average Bonchev–Trinajstić information content (AvgIpc) is 3.47. The fourth-order valence-electron chi connectivity index (χ4n) is 4.70. The molecule has 8 heteroatoms. The van der Waals surface area contributed by atoms with Gasteiger partial charge in [-0.1, -0.05) is 12.1 Å². The second-order valence-corrected chi connectivity index (χ2v) is 8.72. The fourth-order valence-corrected chi connectivity index (χ4v) is 4.70. The minimum absolute atomic E-state index is 0.0338. The van der Waals surface area contributed by atoms with E-state index in [0.717, 1.165) is 18.4 Å². The molecule has 7 nitrogen and oxygen atoms in total. The van der Waals surface area contributed by atoms with Crippen molar-refractivity contribution in [3.05, 3.63) is 53.8 Å². The largest absolute Gasteiger partial charge is 0.486 e. The molecule has 3 aliphatic heterocycles. The molecule has 0 aromatic heterocycles. The highest BCUT2D eigenvalue weighted by atomic mass is 19.1. The number of hydrogen-bond acceptors (Lipinski definition) is 5. The van der Waals surface area contributed by atoms with E-state index in [4.69, 9.17) is 14.2 Å². The number of hydrogen-bond donors (Lipinski definition) is 0. The number of benzene rings is 2. The van der Waals surface area contributed by atoms with Crippen molar-refractivity contribution >= 4 is 17.5 Å². The van der Waals surface area contributed by atoms with Crippen molar-refractivity contribution in [3.8, 4) is 11.5 Å². The highest BCUT2D eigenvalue weighted by Gasteiger charge is 2.38. The number of fused-ring (bicyclic) bond motifs is 1. The van der Waals surface area contributed by atoms with E-state index >= 15 is 0 Å². The third-order valence-electron chi connectivity index (χ3n) is 6.33. The molecule has 2 fully saturated rings. The first kappa shape index (κ1) is 21.7. The van der Waals surface area contributed by atoms with Gasteiger partial charge in [-0.25, -0.2) is 4.39 Å². The van der Waals surface area contributed by atoms with Gasteiger partial charge in [0.25, 0.3) is 0 Å². The SMILES string of the molecule is O=C(C1CC(=O)N(c2ccc3c(c2)OCCO3)C1)N(Cc1cccc(F)c1)CC1CCCO1. The van der Waals surface area contributed by atoms with Crippen LogP contribution in [0.5, 0.6) is 11.5 Å². The molecule has 2 amide bonds. The summed E-state index contributed by atoms with van der Waals surface area (Å²) in [5.41, 5.74) is 1.41. The van der Waals surface area contributed by atoms with Gasteiger partial charge in [-0.3, -0.25) is 9.59 Å². The lowest BCUT2D eigenvalue weighted by molar-refractivity contribution is -0.138. The third-order valence-corrected chi connectivity index (χ3v) is 6.33. The molecule has 3 aliphatic rings. The quantitative estimate of drug-likeness (QED) is 0.671. The normalized spacial score (nSPS) is 22.0. The first-order chi connectivity index (χ1) is 16.1. The topological polar surface area (TPSA) is 68.3 Å². The highest BCUT2D eigenvalue weighted by Crippen LogP contribution is 2.36. The van der Waals surface area contributed by atoms with Crippen molar-refractivity contribution in [1.29, 1.82) is 0 Å². The summed E-state index contributed by atoms with van der Waals surface area (Å²) in [6, 6.07) is 11.7. The number of rotatable bonds is 6. The van der Waals surface area contributed by atoms with Crippen molar-refractivity contribution in [1.82, 2.24) is 4.90 Å². The monoisotopic (exact) mass is 454 g/mol. The van der Waals surface area contributed by atoms with Crippen LogP contribution in [0, 0.1) is 11.7 Å². The van der Waals surface area contributed by atoms with Gasteiger partial charge in [-0.2, -0.15) is 0 Å². The van der Waals surface area contributed by atoms with E-state index in [1.807, 2.05) is 6.07 Å². The summed E-state index contributed by atoms with van der Waals surface area (Å²) < 4.78 is 30.7. The molecule has 0 spiro atoms. The van der Waals surface area contributed by atoms with Crippen molar-refractivity contribution in [2.24, 2.45) is 5.92 Å². The van der Waals surface area contributed by atoms with Crippen molar-refractivity contribution in [2.75, 3.05) is 37.8 Å². The Balaban J connectivity index is 1.32. The fraction of sp³-hybridized carbons (Fsp3) is 0.440. The van der Waals surface area contributed by atoms with Gasteiger partial charge < -0.3 is 24.0 Å². The van der Waals surface area contributed by atoms with Crippen LogP contribution >= 0.6 is 0 Å². The van der Waals surface area contributed by atoms with Crippen molar-refractivity contribution in [2.45, 2.75) is 31.9 Å². The minimum Gasteiger partial charge on any atom is -0.486 e. The molecule has 2 saturated heterocycles. The van der Waals surface area contributed by atoms with Crippen LogP contribution in [0.4, 0.5) is 10.1 Å². The maximum Gasteiger partial charge on any atom is 0.228 e. The van der Waals surface area contributed by atoms with E-state index in [1.165, 1.54) is 12.1 Å². The molecular formula is C25H27FN2O5. The molecule has 3 heterocycles. The number of anilines is 1. The van der Waals surface area contributed by atoms with Crippen LogP contribution in [-0.2, 0) is 20.9 Å². The molecule has 2 aromatic carbocycles. The summed E-state index contributed by atoms with van der Waals surface area (Å²) in [5, 5.41) is 0. The van der Waals surface area contributed by atoms with E-state index in [9.17, 15) is 14.0 Å². The second-order valence-electron chi connectivity index (χ2n) is 8.72. The molecule has 0 N–H and O–H groups in total. The van der Waals surface area contributed by atoms with E-state index in [-0.39, 0.29) is 36.7 Å². The molecule has 0 radical (unpaired) electrons. The Bertz CT molecular complexity index is 1040. The van der Waals surface area contributed by atoms with Crippen LogP contribution in [0.3, 0.4) is 0 Å². The Kier molecular flexibility index (Phi) is 6.17. The summed E-state index contributed by atoms with van der Waals surface area (Å²) in [5.74, 6) is 0.240. The van der Waals surface area contributed by atoms with Gasteiger partial charge in [0.15, 0.2) is 11.5 Å². The van der Waals surface area contributed by atoms with Crippen molar-refractivity contribution < 1.29 is 28.2 Å². The van der Waals surface area contributed by atoms with Gasteiger partial charge in [-0.05, 0) is 42.7 Å². The summed E-state index contributed by atoms with van der Waals surface area (Å²) in [6.45, 7) is 2.66. The number of carbonyl (C=O) groups is 2. The number of nitrogens with zero attached hydrogens (tertiary/aromatic N) is 2. The maximum atomic E-state index is 13.7. The molecular weight excluding hydrogens is 427 g/mol. The van der Waals surface area contributed by atoms with Crippen LogP contribution in [0.2, 0.25) is 0 Å². The average molecular weight is 454 g/mol. The van der Waals surface area contributed by atoms with Crippen LogP contribution in [-0.4, -0.2) is 55.7 Å². The molecule has 2 unspecified atom stereocenters. The molecule has 174 valence electrons. The van der Waals surface area contributed by atoms with Crippen LogP contribution < -0.4 is 14.4 Å². The smallest absolute Gasteiger partial charge is 0.228 e. The van der Waals surface area contributed by atoms with Gasteiger partial charge in [0.1, 0.15) is 19.0 Å². The molecule has 0 saturated carbocycles. The number of amides is 2. The zero-order valence-electron chi connectivity index (χ0n) is 18.4. The van der Waals surface area contributed by atoms with Gasteiger partial charge in [0, 0.05) is 44.4 Å².